The summed E-state index contributed by atoms with van der Waals surface area (Å²) in [4.78, 5) is 33.1. The first-order valence-corrected chi connectivity index (χ1v) is 6.47. The van der Waals surface area contributed by atoms with E-state index in [1.54, 1.807) is 12.1 Å². The van der Waals surface area contributed by atoms with E-state index in [2.05, 4.69) is 5.32 Å². The van der Waals surface area contributed by atoms with Crippen molar-refractivity contribution in [2.24, 2.45) is 5.73 Å². The lowest BCUT2D eigenvalue weighted by atomic mass is 10.2. The number of carboxylic acids is 1. The molecule has 1 rings (SSSR count). The molecule has 0 unspecified atom stereocenters. The molecule has 0 spiro atoms. The van der Waals surface area contributed by atoms with Gasteiger partial charge in [0.15, 0.2) is 0 Å². The fourth-order valence-corrected chi connectivity index (χ4v) is 1.61. The van der Waals surface area contributed by atoms with Gasteiger partial charge in [0.1, 0.15) is 11.8 Å². The van der Waals surface area contributed by atoms with Crippen molar-refractivity contribution < 1.29 is 24.2 Å². The van der Waals surface area contributed by atoms with Gasteiger partial charge in [0.25, 0.3) is 0 Å². The Bertz CT molecular complexity index is 489. The van der Waals surface area contributed by atoms with E-state index in [-0.39, 0.29) is 6.42 Å². The van der Waals surface area contributed by atoms with Crippen LogP contribution < -0.4 is 15.8 Å². The highest BCUT2D eigenvalue weighted by Gasteiger charge is 2.21. The predicted octanol–water partition coefficient (Wildman–Crippen LogP) is 0.290. The molecule has 0 aliphatic rings. The van der Waals surface area contributed by atoms with Crippen molar-refractivity contribution in [3.63, 3.8) is 0 Å². The highest BCUT2D eigenvalue weighted by molar-refractivity contribution is 5.88. The van der Waals surface area contributed by atoms with Gasteiger partial charge < -0.3 is 20.9 Å². The third kappa shape index (κ3) is 6.95. The molecule has 21 heavy (non-hydrogen) atoms. The smallest absolute Gasteiger partial charge is 0.326 e. The average molecular weight is 294 g/mol. The van der Waals surface area contributed by atoms with Gasteiger partial charge >= 0.3 is 5.97 Å². The van der Waals surface area contributed by atoms with Gasteiger partial charge in [-0.05, 0) is 18.6 Å². The summed E-state index contributed by atoms with van der Waals surface area (Å²) in [6.07, 6.45) is 0.112. The van der Waals surface area contributed by atoms with Crippen molar-refractivity contribution >= 4 is 17.8 Å². The molecule has 0 aromatic heterocycles. The van der Waals surface area contributed by atoms with Gasteiger partial charge in [-0.1, -0.05) is 18.2 Å². The Morgan fingerprint density at radius 1 is 1.24 bits per heavy atom. The zero-order chi connectivity index (χ0) is 15.7. The van der Waals surface area contributed by atoms with Gasteiger partial charge in [-0.2, -0.15) is 0 Å². The monoisotopic (exact) mass is 294 g/mol. The van der Waals surface area contributed by atoms with E-state index in [4.69, 9.17) is 15.6 Å². The van der Waals surface area contributed by atoms with Crippen molar-refractivity contribution in [1.82, 2.24) is 5.32 Å². The summed E-state index contributed by atoms with van der Waals surface area (Å²) in [6, 6.07) is 7.85. The molecule has 0 saturated carbocycles. The zero-order valence-corrected chi connectivity index (χ0v) is 11.5. The second-order valence-corrected chi connectivity index (χ2v) is 4.39. The van der Waals surface area contributed by atoms with Crippen molar-refractivity contribution in [1.29, 1.82) is 0 Å². The highest BCUT2D eigenvalue weighted by Crippen LogP contribution is 2.08. The summed E-state index contributed by atoms with van der Waals surface area (Å²) in [5.74, 6) is -1.83. The van der Waals surface area contributed by atoms with Crippen LogP contribution in [-0.4, -0.2) is 35.5 Å². The molecule has 114 valence electrons. The number of primary amides is 1. The van der Waals surface area contributed by atoms with E-state index in [0.29, 0.717) is 18.8 Å². The fourth-order valence-electron chi connectivity index (χ4n) is 1.61. The Labute approximate surface area is 122 Å². The first-order valence-electron chi connectivity index (χ1n) is 6.47. The first-order chi connectivity index (χ1) is 9.99. The summed E-state index contributed by atoms with van der Waals surface area (Å²) < 4.78 is 5.40. The van der Waals surface area contributed by atoms with Crippen LogP contribution in [0.15, 0.2) is 30.3 Å². The summed E-state index contributed by atoms with van der Waals surface area (Å²) in [5, 5.41) is 11.1. The number of amides is 2. The number of benzene rings is 1. The van der Waals surface area contributed by atoms with Crippen molar-refractivity contribution in [3.05, 3.63) is 30.3 Å². The average Bonchev–Trinajstić information content (AvgIpc) is 2.43. The van der Waals surface area contributed by atoms with E-state index in [1.165, 1.54) is 0 Å². The van der Waals surface area contributed by atoms with Crippen molar-refractivity contribution in [3.8, 4) is 5.75 Å². The van der Waals surface area contributed by atoms with Crippen LogP contribution in [-0.2, 0) is 14.4 Å². The predicted molar refractivity (Wildman–Crippen MR) is 74.5 cm³/mol. The van der Waals surface area contributed by atoms with E-state index >= 15 is 0 Å². The molecule has 2 amide bonds. The Morgan fingerprint density at radius 2 is 1.90 bits per heavy atom. The maximum absolute atomic E-state index is 11.6. The number of nitrogens with two attached hydrogens (primary N) is 1. The molecular weight excluding hydrogens is 276 g/mol. The van der Waals surface area contributed by atoms with E-state index in [1.807, 2.05) is 18.2 Å². The lowest BCUT2D eigenvalue weighted by Crippen LogP contribution is -2.43. The number of hydrogen-bond donors (Lipinski definition) is 3. The number of rotatable bonds is 9. The number of carboxylic acid groups (broad SMARTS) is 1. The van der Waals surface area contributed by atoms with Gasteiger partial charge in [0.2, 0.25) is 11.8 Å². The molecule has 7 nitrogen and oxygen atoms in total. The van der Waals surface area contributed by atoms with Crippen LogP contribution in [0.2, 0.25) is 0 Å². The van der Waals surface area contributed by atoms with Crippen LogP contribution in [0, 0.1) is 0 Å². The number of hydrogen-bond acceptors (Lipinski definition) is 4. The quantitative estimate of drug-likeness (QED) is 0.566. The van der Waals surface area contributed by atoms with Crippen molar-refractivity contribution in [2.75, 3.05) is 6.61 Å². The maximum Gasteiger partial charge on any atom is 0.326 e. The SMILES string of the molecule is NC(=O)C[C@@H](NC(=O)CCCOc1ccccc1)C(=O)O. The molecule has 0 aliphatic heterocycles. The van der Waals surface area contributed by atoms with Gasteiger partial charge in [-0.3, -0.25) is 9.59 Å². The molecule has 0 heterocycles. The summed E-state index contributed by atoms with van der Waals surface area (Å²) in [6.45, 7) is 0.338. The molecule has 0 saturated heterocycles. The summed E-state index contributed by atoms with van der Waals surface area (Å²) >= 11 is 0. The third-order valence-electron chi connectivity index (χ3n) is 2.60. The van der Waals surface area contributed by atoms with Crippen LogP contribution in [0.4, 0.5) is 0 Å². The van der Waals surface area contributed by atoms with Gasteiger partial charge in [-0.15, -0.1) is 0 Å². The van der Waals surface area contributed by atoms with Crippen LogP contribution >= 0.6 is 0 Å². The molecule has 1 aromatic rings. The normalized spacial score (nSPS) is 11.4. The van der Waals surface area contributed by atoms with Crippen LogP contribution in [0.25, 0.3) is 0 Å². The number of aliphatic carboxylic acids is 1. The van der Waals surface area contributed by atoms with Crippen LogP contribution in [0.5, 0.6) is 5.75 Å². The van der Waals surface area contributed by atoms with Crippen LogP contribution in [0.1, 0.15) is 19.3 Å². The Hall–Kier alpha value is -2.57. The summed E-state index contributed by atoms with van der Waals surface area (Å²) in [5.41, 5.74) is 4.92. The first kappa shape index (κ1) is 16.5. The van der Waals surface area contributed by atoms with E-state index in [0.717, 1.165) is 0 Å². The molecule has 0 aliphatic carbocycles. The van der Waals surface area contributed by atoms with Gasteiger partial charge in [0.05, 0.1) is 13.0 Å². The topological polar surface area (TPSA) is 119 Å². The molecule has 1 aromatic carbocycles. The number of carbonyl (C=O) groups excluding carboxylic acids is 2. The van der Waals surface area contributed by atoms with E-state index in [9.17, 15) is 14.4 Å². The van der Waals surface area contributed by atoms with Gasteiger partial charge in [-0.25, -0.2) is 4.79 Å². The molecule has 7 heteroatoms. The Balaban J connectivity index is 2.26. The van der Waals surface area contributed by atoms with Crippen molar-refractivity contribution in [2.45, 2.75) is 25.3 Å². The highest BCUT2D eigenvalue weighted by atomic mass is 16.5. The minimum absolute atomic E-state index is 0.107. The van der Waals surface area contributed by atoms with E-state index < -0.39 is 30.2 Å². The Kier molecular flexibility index (Phi) is 6.73. The summed E-state index contributed by atoms with van der Waals surface area (Å²) in [7, 11) is 0. The number of ether oxygens (including phenoxy) is 1. The third-order valence-corrected chi connectivity index (χ3v) is 2.60. The maximum atomic E-state index is 11.6. The zero-order valence-electron chi connectivity index (χ0n) is 11.5. The molecule has 0 radical (unpaired) electrons. The van der Waals surface area contributed by atoms with Crippen LogP contribution in [0.3, 0.4) is 0 Å². The fraction of sp³-hybridized carbons (Fsp3) is 0.357. The largest absolute Gasteiger partial charge is 0.494 e. The lowest BCUT2D eigenvalue weighted by Gasteiger charge is -2.12. The lowest BCUT2D eigenvalue weighted by molar-refractivity contribution is -0.143. The van der Waals surface area contributed by atoms with Gasteiger partial charge in [0, 0.05) is 6.42 Å². The number of nitrogens with one attached hydrogen (secondary N) is 1. The minimum atomic E-state index is -1.29. The minimum Gasteiger partial charge on any atom is -0.494 e. The second kappa shape index (κ2) is 8.57. The molecule has 1 atom stereocenters. The molecule has 4 N–H and O–H groups in total. The molecular formula is C14H18N2O5. The molecule has 0 fully saturated rings. The standard InChI is InChI=1S/C14H18N2O5/c15-12(17)9-11(14(19)20)16-13(18)7-4-8-21-10-5-2-1-3-6-10/h1-3,5-6,11H,4,7-9H2,(H2,15,17)(H,16,18)(H,19,20)/t11-/m1/s1. The number of carbonyl (C=O) groups is 3. The number of para-hydroxylation sites is 1. The Morgan fingerprint density at radius 3 is 2.48 bits per heavy atom. The molecule has 0 bridgehead atoms. The second-order valence-electron chi connectivity index (χ2n) is 4.39.